The molecule has 0 aliphatic carbocycles. The summed E-state index contributed by atoms with van der Waals surface area (Å²) < 4.78 is 0. The lowest BCUT2D eigenvalue weighted by Gasteiger charge is -2.25. The number of para-hydroxylation sites is 1. The number of amides is 2. The molecule has 0 atom stereocenters. The van der Waals surface area contributed by atoms with Crippen molar-refractivity contribution in [1.82, 2.24) is 20.9 Å². The zero-order valence-electron chi connectivity index (χ0n) is 12.8. The quantitative estimate of drug-likeness (QED) is 0.488. The number of piperazine rings is 1. The minimum atomic E-state index is -0.375. The predicted octanol–water partition coefficient (Wildman–Crippen LogP) is 1.55. The summed E-state index contributed by atoms with van der Waals surface area (Å²) in [5.74, 6) is 0.290. The molecular weight excluding hydrogens is 339 g/mol. The van der Waals surface area contributed by atoms with E-state index in [9.17, 15) is 4.79 Å². The fourth-order valence-electron chi connectivity index (χ4n) is 2.04. The molecular formula is C14H20Cl2N6O. The first-order valence-electron chi connectivity index (χ1n) is 7.27. The molecule has 1 aromatic carbocycles. The van der Waals surface area contributed by atoms with Gasteiger partial charge in [0, 0.05) is 33.2 Å². The van der Waals surface area contributed by atoms with Crippen LogP contribution in [-0.4, -0.2) is 56.8 Å². The molecule has 1 heterocycles. The smallest absolute Gasteiger partial charge is 0.321 e. The van der Waals surface area contributed by atoms with E-state index in [4.69, 9.17) is 23.2 Å². The van der Waals surface area contributed by atoms with Crippen LogP contribution in [0, 0.1) is 0 Å². The molecule has 1 fully saturated rings. The van der Waals surface area contributed by atoms with E-state index < -0.39 is 0 Å². The van der Waals surface area contributed by atoms with Crippen molar-refractivity contribution >= 4 is 40.9 Å². The van der Waals surface area contributed by atoms with Gasteiger partial charge in [-0.3, -0.25) is 10.2 Å². The van der Waals surface area contributed by atoms with Crippen LogP contribution < -0.4 is 21.3 Å². The third-order valence-corrected chi connectivity index (χ3v) is 3.93. The van der Waals surface area contributed by atoms with Crippen LogP contribution in [0.15, 0.2) is 23.2 Å². The number of nitrogens with one attached hydrogen (secondary N) is 4. The van der Waals surface area contributed by atoms with Crippen molar-refractivity contribution in [2.45, 2.75) is 0 Å². The first-order valence-corrected chi connectivity index (χ1v) is 8.03. The van der Waals surface area contributed by atoms with Gasteiger partial charge < -0.3 is 16.0 Å². The van der Waals surface area contributed by atoms with Crippen molar-refractivity contribution in [2.75, 3.05) is 45.2 Å². The zero-order valence-corrected chi connectivity index (χ0v) is 14.3. The van der Waals surface area contributed by atoms with Crippen LogP contribution in [0.3, 0.4) is 0 Å². The van der Waals surface area contributed by atoms with E-state index in [0.29, 0.717) is 22.4 Å². The topological polar surface area (TPSA) is 80.8 Å². The van der Waals surface area contributed by atoms with Gasteiger partial charge in [-0.05, 0) is 12.1 Å². The van der Waals surface area contributed by atoms with Gasteiger partial charge in [-0.25, -0.2) is 9.79 Å². The van der Waals surface area contributed by atoms with E-state index in [2.05, 4.69) is 31.2 Å². The van der Waals surface area contributed by atoms with Gasteiger partial charge in [0.2, 0.25) is 5.96 Å². The SMILES string of the molecule is CNC(=O)NC(=NCN1CCNCC1)Nc1c(Cl)cccc1Cl. The maximum absolute atomic E-state index is 11.6. The number of anilines is 1. The summed E-state index contributed by atoms with van der Waals surface area (Å²) in [6.45, 7) is 4.14. The normalized spacial score (nSPS) is 16.0. The Morgan fingerprint density at radius 2 is 1.96 bits per heavy atom. The molecule has 1 aromatic rings. The molecule has 7 nitrogen and oxygen atoms in total. The number of carbonyl (C=O) groups excluding carboxylic acids is 1. The van der Waals surface area contributed by atoms with Gasteiger partial charge in [0.1, 0.15) is 0 Å². The molecule has 0 aromatic heterocycles. The molecule has 2 amide bonds. The second-order valence-corrected chi connectivity index (χ2v) is 5.76. The predicted molar refractivity (Wildman–Crippen MR) is 94.4 cm³/mol. The molecule has 1 aliphatic heterocycles. The zero-order chi connectivity index (χ0) is 16.7. The summed E-state index contributed by atoms with van der Waals surface area (Å²) in [7, 11) is 1.53. The van der Waals surface area contributed by atoms with E-state index >= 15 is 0 Å². The van der Waals surface area contributed by atoms with E-state index in [1.807, 2.05) is 0 Å². The van der Waals surface area contributed by atoms with Crippen LogP contribution in [0.1, 0.15) is 0 Å². The Kier molecular flexibility index (Phi) is 6.91. The number of carbonyl (C=O) groups is 1. The molecule has 126 valence electrons. The number of guanidine groups is 1. The highest BCUT2D eigenvalue weighted by Gasteiger charge is 2.12. The third-order valence-electron chi connectivity index (χ3n) is 3.30. The first-order chi connectivity index (χ1) is 11.1. The highest BCUT2D eigenvalue weighted by Crippen LogP contribution is 2.29. The maximum atomic E-state index is 11.6. The molecule has 0 spiro atoms. The van der Waals surface area contributed by atoms with Crippen molar-refractivity contribution in [3.63, 3.8) is 0 Å². The monoisotopic (exact) mass is 358 g/mol. The number of halogens is 2. The Bertz CT molecular complexity index is 554. The summed E-state index contributed by atoms with van der Waals surface area (Å²) in [5.41, 5.74) is 0.506. The Labute approximate surface area is 145 Å². The maximum Gasteiger partial charge on any atom is 0.321 e. The summed E-state index contributed by atoms with van der Waals surface area (Å²) in [4.78, 5) is 18.2. The van der Waals surface area contributed by atoms with Gasteiger partial charge in [-0.1, -0.05) is 29.3 Å². The van der Waals surface area contributed by atoms with Gasteiger partial charge in [0.15, 0.2) is 0 Å². The Hall–Kier alpha value is -1.54. The molecule has 0 unspecified atom stereocenters. The Morgan fingerprint density at radius 3 is 2.57 bits per heavy atom. The van der Waals surface area contributed by atoms with Crippen molar-refractivity contribution in [3.8, 4) is 0 Å². The van der Waals surface area contributed by atoms with Gasteiger partial charge in [0.25, 0.3) is 0 Å². The van der Waals surface area contributed by atoms with Crippen LogP contribution in [-0.2, 0) is 0 Å². The minimum absolute atomic E-state index is 0.290. The summed E-state index contributed by atoms with van der Waals surface area (Å²) in [6, 6.07) is 4.80. The largest absolute Gasteiger partial charge is 0.341 e. The van der Waals surface area contributed by atoms with Gasteiger partial charge in [-0.2, -0.15) is 0 Å². The molecule has 4 N–H and O–H groups in total. The average Bonchev–Trinajstić information content (AvgIpc) is 2.56. The van der Waals surface area contributed by atoms with E-state index in [-0.39, 0.29) is 12.0 Å². The molecule has 1 aliphatic rings. The lowest BCUT2D eigenvalue weighted by atomic mass is 10.3. The second kappa shape index (κ2) is 8.93. The number of hydrogen-bond acceptors (Lipinski definition) is 4. The van der Waals surface area contributed by atoms with Crippen LogP contribution in [0.2, 0.25) is 10.0 Å². The van der Waals surface area contributed by atoms with Crippen molar-refractivity contribution in [2.24, 2.45) is 4.99 Å². The molecule has 0 radical (unpaired) electrons. The highest BCUT2D eigenvalue weighted by atomic mass is 35.5. The van der Waals surface area contributed by atoms with Crippen LogP contribution in [0.4, 0.5) is 10.5 Å². The van der Waals surface area contributed by atoms with Gasteiger partial charge in [-0.15, -0.1) is 0 Å². The number of nitrogens with zero attached hydrogens (tertiary/aromatic N) is 2. The van der Waals surface area contributed by atoms with Crippen LogP contribution in [0.25, 0.3) is 0 Å². The average molecular weight is 359 g/mol. The standard InChI is InChI=1S/C14H20Cl2N6O/c1-17-14(23)21-13(19-9-22-7-5-18-6-8-22)20-12-10(15)3-2-4-11(12)16/h2-4,18H,5-9H2,1H3,(H3,17,19,20,21,23). The summed E-state index contributed by atoms with van der Waals surface area (Å²) >= 11 is 12.3. The van der Waals surface area contributed by atoms with Gasteiger partial charge >= 0.3 is 6.03 Å². The Morgan fingerprint density at radius 1 is 1.30 bits per heavy atom. The van der Waals surface area contributed by atoms with Crippen molar-refractivity contribution in [3.05, 3.63) is 28.2 Å². The lowest BCUT2D eigenvalue weighted by Crippen LogP contribution is -2.45. The van der Waals surface area contributed by atoms with E-state index in [1.165, 1.54) is 7.05 Å². The minimum Gasteiger partial charge on any atom is -0.341 e. The number of urea groups is 1. The Balaban J connectivity index is 2.11. The lowest BCUT2D eigenvalue weighted by molar-refractivity contribution is 0.245. The van der Waals surface area contributed by atoms with Crippen LogP contribution >= 0.6 is 23.2 Å². The number of hydrogen-bond donors (Lipinski definition) is 4. The fraction of sp³-hybridized carbons (Fsp3) is 0.429. The molecule has 0 saturated carbocycles. The second-order valence-electron chi connectivity index (χ2n) is 4.94. The van der Waals surface area contributed by atoms with Gasteiger partial charge in [0.05, 0.1) is 22.4 Å². The molecule has 0 bridgehead atoms. The molecule has 2 rings (SSSR count). The number of rotatable bonds is 3. The summed E-state index contributed by atoms with van der Waals surface area (Å²) in [6.07, 6.45) is 0. The molecule has 23 heavy (non-hydrogen) atoms. The molecule has 9 heteroatoms. The van der Waals surface area contributed by atoms with Crippen LogP contribution in [0.5, 0.6) is 0 Å². The van der Waals surface area contributed by atoms with Crippen molar-refractivity contribution < 1.29 is 4.79 Å². The van der Waals surface area contributed by atoms with E-state index in [1.54, 1.807) is 18.2 Å². The first kappa shape index (κ1) is 17.8. The molecule has 1 saturated heterocycles. The highest BCUT2D eigenvalue weighted by molar-refractivity contribution is 6.39. The fourth-order valence-corrected chi connectivity index (χ4v) is 2.53. The summed E-state index contributed by atoms with van der Waals surface area (Å²) in [5, 5.41) is 12.3. The van der Waals surface area contributed by atoms with E-state index in [0.717, 1.165) is 26.2 Å². The van der Waals surface area contributed by atoms with Crippen molar-refractivity contribution in [1.29, 1.82) is 0 Å². The number of aliphatic imine (C=N–C) groups is 1. The number of benzene rings is 1. The third kappa shape index (κ3) is 5.54.